The highest BCUT2D eigenvalue weighted by Gasteiger charge is 2.23. The van der Waals surface area contributed by atoms with Crippen molar-refractivity contribution in [2.24, 2.45) is 5.73 Å². The van der Waals surface area contributed by atoms with E-state index >= 15 is 0 Å². The molecule has 0 atom stereocenters. The number of ether oxygens (including phenoxy) is 1. The van der Waals surface area contributed by atoms with Crippen LogP contribution in [0.5, 0.6) is 0 Å². The van der Waals surface area contributed by atoms with Crippen LogP contribution in [0.25, 0.3) is 0 Å². The van der Waals surface area contributed by atoms with Gasteiger partial charge in [0, 0.05) is 25.2 Å². The number of hydrogen-bond donors (Lipinski definition) is 2. The Bertz CT molecular complexity index is 442. The van der Waals surface area contributed by atoms with Crippen LogP contribution in [0, 0.1) is 0 Å². The van der Waals surface area contributed by atoms with Gasteiger partial charge >= 0.3 is 0 Å². The van der Waals surface area contributed by atoms with Crippen molar-refractivity contribution in [3.8, 4) is 0 Å². The van der Waals surface area contributed by atoms with Crippen LogP contribution in [0.4, 0.5) is 0 Å². The van der Waals surface area contributed by atoms with Gasteiger partial charge in [0.05, 0.1) is 19.3 Å². The molecule has 5 nitrogen and oxygen atoms in total. The zero-order valence-electron chi connectivity index (χ0n) is 11.6. The van der Waals surface area contributed by atoms with Gasteiger partial charge in [0.25, 0.3) is 5.91 Å². The minimum atomic E-state index is 0.0467. The average Bonchev–Trinajstić information content (AvgIpc) is 2.52. The fourth-order valence-electron chi connectivity index (χ4n) is 2.46. The monoisotopic (exact) mass is 278 g/mol. The molecule has 1 aliphatic rings. The molecule has 3 N–H and O–H groups in total. The van der Waals surface area contributed by atoms with Gasteiger partial charge in [0.15, 0.2) is 0 Å². The van der Waals surface area contributed by atoms with Crippen LogP contribution in [0.3, 0.4) is 0 Å². The van der Waals surface area contributed by atoms with Gasteiger partial charge in [-0.3, -0.25) is 4.79 Å². The summed E-state index contributed by atoms with van der Waals surface area (Å²) in [5, 5.41) is 8.74. The summed E-state index contributed by atoms with van der Waals surface area (Å²) in [4.78, 5) is 14.2. The Morgan fingerprint density at radius 3 is 2.80 bits per heavy atom. The lowest BCUT2D eigenvalue weighted by molar-refractivity contribution is -0.00554. The van der Waals surface area contributed by atoms with Crippen molar-refractivity contribution >= 4 is 5.91 Å². The summed E-state index contributed by atoms with van der Waals surface area (Å²) in [6, 6.07) is 7.48. The largest absolute Gasteiger partial charge is 0.394 e. The van der Waals surface area contributed by atoms with Crippen molar-refractivity contribution in [2.45, 2.75) is 25.5 Å². The van der Waals surface area contributed by atoms with Crippen LogP contribution < -0.4 is 5.73 Å². The third-order valence-corrected chi connectivity index (χ3v) is 3.58. The molecule has 1 aromatic rings. The van der Waals surface area contributed by atoms with E-state index < -0.39 is 0 Å². The highest BCUT2D eigenvalue weighted by Crippen LogP contribution is 2.17. The second-order valence-electron chi connectivity index (χ2n) is 4.99. The maximum absolute atomic E-state index is 12.4. The average molecular weight is 278 g/mol. The molecule has 110 valence electrons. The van der Waals surface area contributed by atoms with Gasteiger partial charge in [-0.1, -0.05) is 12.1 Å². The van der Waals surface area contributed by atoms with Crippen LogP contribution >= 0.6 is 0 Å². The summed E-state index contributed by atoms with van der Waals surface area (Å²) in [6.45, 7) is 2.25. The van der Waals surface area contributed by atoms with E-state index in [0.717, 1.165) is 18.4 Å². The van der Waals surface area contributed by atoms with Crippen LogP contribution in [0.15, 0.2) is 24.3 Å². The van der Waals surface area contributed by atoms with E-state index in [2.05, 4.69) is 0 Å². The number of nitrogens with two attached hydrogens (primary N) is 1. The van der Waals surface area contributed by atoms with Crippen molar-refractivity contribution < 1.29 is 14.6 Å². The first-order valence-corrected chi connectivity index (χ1v) is 7.05. The second-order valence-corrected chi connectivity index (χ2v) is 4.99. The van der Waals surface area contributed by atoms with Crippen molar-refractivity contribution in [3.05, 3.63) is 35.4 Å². The summed E-state index contributed by atoms with van der Waals surface area (Å²) >= 11 is 0. The number of carbonyl (C=O) groups excluding carboxylic acids is 1. The number of aliphatic hydroxyl groups excluding tert-OH is 1. The molecule has 1 fully saturated rings. The summed E-state index contributed by atoms with van der Waals surface area (Å²) in [5.41, 5.74) is 7.27. The molecular weight excluding hydrogens is 256 g/mol. The zero-order chi connectivity index (χ0) is 14.4. The minimum Gasteiger partial charge on any atom is -0.394 e. The summed E-state index contributed by atoms with van der Waals surface area (Å²) < 4.78 is 5.50. The van der Waals surface area contributed by atoms with Crippen LogP contribution in [-0.4, -0.2) is 48.3 Å². The van der Waals surface area contributed by atoms with E-state index in [4.69, 9.17) is 15.6 Å². The van der Waals surface area contributed by atoms with Crippen molar-refractivity contribution in [3.63, 3.8) is 0 Å². The number of nitrogens with zero attached hydrogens (tertiary/aromatic N) is 1. The lowest BCUT2D eigenvalue weighted by Crippen LogP contribution is -2.41. The standard InChI is InChI=1S/C15H22N2O3/c16-11-12-2-1-3-13(10-12)15(19)17-6-4-14(5-7-17)20-9-8-18/h1-3,10,14,18H,4-9,11,16H2. The van der Waals surface area contributed by atoms with Gasteiger partial charge in [0.1, 0.15) is 0 Å². The minimum absolute atomic E-state index is 0.0467. The van der Waals surface area contributed by atoms with Gasteiger partial charge in [-0.2, -0.15) is 0 Å². The van der Waals surface area contributed by atoms with E-state index in [0.29, 0.717) is 31.8 Å². The number of likely N-dealkylation sites (tertiary alicyclic amines) is 1. The fraction of sp³-hybridized carbons (Fsp3) is 0.533. The smallest absolute Gasteiger partial charge is 0.253 e. The second kappa shape index (κ2) is 7.38. The molecular formula is C15H22N2O3. The Morgan fingerprint density at radius 2 is 2.15 bits per heavy atom. The molecule has 20 heavy (non-hydrogen) atoms. The number of benzene rings is 1. The highest BCUT2D eigenvalue weighted by atomic mass is 16.5. The van der Waals surface area contributed by atoms with Gasteiger partial charge in [-0.25, -0.2) is 0 Å². The van der Waals surface area contributed by atoms with E-state index in [-0.39, 0.29) is 18.6 Å². The number of amides is 1. The first-order valence-electron chi connectivity index (χ1n) is 7.05. The predicted octanol–water partition coefficient (Wildman–Crippen LogP) is 0.759. The molecule has 0 spiro atoms. The molecule has 0 bridgehead atoms. The van der Waals surface area contributed by atoms with E-state index in [1.165, 1.54) is 0 Å². The molecule has 1 amide bonds. The maximum Gasteiger partial charge on any atom is 0.253 e. The van der Waals surface area contributed by atoms with Gasteiger partial charge in [0.2, 0.25) is 0 Å². The summed E-state index contributed by atoms with van der Waals surface area (Å²) in [5.74, 6) is 0.0564. The lowest BCUT2D eigenvalue weighted by Gasteiger charge is -2.32. The van der Waals surface area contributed by atoms with Crippen molar-refractivity contribution in [1.82, 2.24) is 4.90 Å². The quantitative estimate of drug-likeness (QED) is 0.833. The van der Waals surface area contributed by atoms with Crippen molar-refractivity contribution in [1.29, 1.82) is 0 Å². The molecule has 0 aromatic heterocycles. The maximum atomic E-state index is 12.4. The highest BCUT2D eigenvalue weighted by molar-refractivity contribution is 5.94. The normalized spacial score (nSPS) is 16.4. The number of piperidine rings is 1. The third-order valence-electron chi connectivity index (χ3n) is 3.58. The predicted molar refractivity (Wildman–Crippen MR) is 76.3 cm³/mol. The van der Waals surface area contributed by atoms with Crippen LogP contribution in [0.2, 0.25) is 0 Å². The van der Waals surface area contributed by atoms with E-state index in [1.807, 2.05) is 29.2 Å². The molecule has 1 aromatic carbocycles. The van der Waals surface area contributed by atoms with Gasteiger partial charge in [-0.05, 0) is 30.5 Å². The first-order chi connectivity index (χ1) is 9.74. The number of hydrogen-bond acceptors (Lipinski definition) is 4. The number of carbonyl (C=O) groups is 1. The van der Waals surface area contributed by atoms with E-state index in [9.17, 15) is 4.79 Å². The molecule has 1 saturated heterocycles. The Morgan fingerprint density at radius 1 is 1.40 bits per heavy atom. The van der Waals surface area contributed by atoms with E-state index in [1.54, 1.807) is 0 Å². The zero-order valence-corrected chi connectivity index (χ0v) is 11.6. The van der Waals surface area contributed by atoms with Gasteiger partial charge < -0.3 is 20.5 Å². The Kier molecular flexibility index (Phi) is 5.52. The number of aliphatic hydroxyl groups is 1. The summed E-state index contributed by atoms with van der Waals surface area (Å²) in [7, 11) is 0. The van der Waals surface area contributed by atoms with Crippen LogP contribution in [0.1, 0.15) is 28.8 Å². The molecule has 0 radical (unpaired) electrons. The Labute approximate surface area is 119 Å². The fourth-order valence-corrected chi connectivity index (χ4v) is 2.46. The Hall–Kier alpha value is -1.43. The topological polar surface area (TPSA) is 75.8 Å². The SMILES string of the molecule is NCc1cccc(C(=O)N2CCC(OCCO)CC2)c1. The molecule has 0 saturated carbocycles. The molecule has 0 aliphatic carbocycles. The number of rotatable bonds is 5. The molecule has 2 rings (SSSR count). The van der Waals surface area contributed by atoms with Gasteiger partial charge in [-0.15, -0.1) is 0 Å². The molecule has 5 heteroatoms. The van der Waals surface area contributed by atoms with Crippen LogP contribution in [-0.2, 0) is 11.3 Å². The van der Waals surface area contributed by atoms with Crippen molar-refractivity contribution in [2.75, 3.05) is 26.3 Å². The first kappa shape index (κ1) is 15.0. The Balaban J connectivity index is 1.91. The molecule has 0 unspecified atom stereocenters. The third kappa shape index (κ3) is 3.79. The summed E-state index contributed by atoms with van der Waals surface area (Å²) in [6.07, 6.45) is 1.80. The molecule has 1 aliphatic heterocycles. The molecule has 1 heterocycles. The lowest BCUT2D eigenvalue weighted by atomic mass is 10.1.